The van der Waals surface area contributed by atoms with Crippen LogP contribution in [0.2, 0.25) is 0 Å². The number of hydrogen-bond donors (Lipinski definition) is 0. The molecular weight excluding hydrogens is 556 g/mol. The molecule has 0 radical (unpaired) electrons. The van der Waals surface area contributed by atoms with E-state index in [1.165, 1.54) is 82.7 Å². The van der Waals surface area contributed by atoms with Gasteiger partial charge in [0.05, 0.1) is 5.41 Å². The predicted octanol–water partition coefficient (Wildman–Crippen LogP) is 11.8. The van der Waals surface area contributed by atoms with Gasteiger partial charge in [0.1, 0.15) is 11.5 Å². The molecule has 46 heavy (non-hydrogen) atoms. The van der Waals surface area contributed by atoms with Crippen LogP contribution in [0.1, 0.15) is 22.3 Å². The van der Waals surface area contributed by atoms with Gasteiger partial charge in [-0.2, -0.15) is 0 Å². The van der Waals surface area contributed by atoms with Crippen molar-refractivity contribution in [3.05, 3.63) is 180 Å². The van der Waals surface area contributed by atoms with Crippen molar-refractivity contribution in [3.63, 3.8) is 0 Å². The second kappa shape index (κ2) is 8.62. The first-order valence-electron chi connectivity index (χ1n) is 16.0. The number of hydrogen-bond acceptors (Lipinski definition) is 1. The van der Waals surface area contributed by atoms with Crippen LogP contribution in [-0.2, 0) is 5.41 Å². The smallest absolute Gasteiger partial charge is 0.135 e. The largest absolute Gasteiger partial charge is 0.456 e. The highest BCUT2D eigenvalue weighted by Crippen LogP contribution is 2.64. The van der Waals surface area contributed by atoms with Crippen molar-refractivity contribution in [3.8, 4) is 56.0 Å². The van der Waals surface area contributed by atoms with Crippen LogP contribution >= 0.6 is 0 Å². The first-order chi connectivity index (χ1) is 22.8. The Balaban J connectivity index is 1.28. The minimum absolute atomic E-state index is 0.422. The molecule has 1 heteroatoms. The Labute approximate surface area is 267 Å². The lowest BCUT2D eigenvalue weighted by Gasteiger charge is -2.32. The van der Waals surface area contributed by atoms with Crippen molar-refractivity contribution < 1.29 is 4.74 Å². The molecule has 0 fully saturated rings. The van der Waals surface area contributed by atoms with Crippen LogP contribution < -0.4 is 4.74 Å². The molecule has 1 spiro atoms. The molecule has 0 N–H and O–H groups in total. The van der Waals surface area contributed by atoms with Crippen LogP contribution in [-0.4, -0.2) is 0 Å². The SMILES string of the molecule is c1ccc2c(c1)Oc1cccc3ccc(-c4ccc5c(c4)C4(c6ccccc6-c6ccccc64)c4c-5ccc5ccccc45)c-2c13. The molecule has 1 heterocycles. The summed E-state index contributed by atoms with van der Waals surface area (Å²) in [5.74, 6) is 1.83. The number of fused-ring (bicyclic) bond motifs is 14. The topological polar surface area (TPSA) is 9.23 Å². The zero-order chi connectivity index (χ0) is 30.0. The van der Waals surface area contributed by atoms with Crippen LogP contribution in [0.3, 0.4) is 0 Å². The molecule has 0 aromatic heterocycles. The second-order valence-electron chi connectivity index (χ2n) is 12.8. The fraction of sp³-hybridized carbons (Fsp3) is 0.0222. The zero-order valence-corrected chi connectivity index (χ0v) is 24.9. The Morgan fingerprint density at radius 1 is 0.391 bits per heavy atom. The van der Waals surface area contributed by atoms with E-state index in [2.05, 4.69) is 158 Å². The van der Waals surface area contributed by atoms with Gasteiger partial charge in [-0.15, -0.1) is 0 Å². The van der Waals surface area contributed by atoms with Gasteiger partial charge in [0.25, 0.3) is 0 Å². The van der Waals surface area contributed by atoms with Crippen LogP contribution in [0, 0.1) is 0 Å². The van der Waals surface area contributed by atoms with Crippen molar-refractivity contribution >= 4 is 21.5 Å². The molecule has 0 bridgehead atoms. The Hall–Kier alpha value is -5.92. The molecule has 0 saturated carbocycles. The first-order valence-corrected chi connectivity index (χ1v) is 16.0. The summed E-state index contributed by atoms with van der Waals surface area (Å²) in [5, 5.41) is 4.97. The maximum Gasteiger partial charge on any atom is 0.135 e. The minimum atomic E-state index is -0.422. The van der Waals surface area contributed by atoms with E-state index in [9.17, 15) is 0 Å². The summed E-state index contributed by atoms with van der Waals surface area (Å²) >= 11 is 0. The van der Waals surface area contributed by atoms with Crippen molar-refractivity contribution in [1.82, 2.24) is 0 Å². The average Bonchev–Trinajstić information content (AvgIpc) is 3.59. The lowest BCUT2D eigenvalue weighted by molar-refractivity contribution is 0.487. The summed E-state index contributed by atoms with van der Waals surface area (Å²) in [6.45, 7) is 0. The van der Waals surface area contributed by atoms with Gasteiger partial charge in [0.2, 0.25) is 0 Å². The molecular formula is C45H26O. The van der Waals surface area contributed by atoms with Gasteiger partial charge in [-0.3, -0.25) is 0 Å². The molecule has 0 amide bonds. The monoisotopic (exact) mass is 582 g/mol. The fourth-order valence-corrected chi connectivity index (χ4v) is 8.92. The van der Waals surface area contributed by atoms with E-state index in [1.54, 1.807) is 0 Å². The van der Waals surface area contributed by atoms with Gasteiger partial charge in [-0.1, -0.05) is 140 Å². The molecule has 0 atom stereocenters. The average molecular weight is 583 g/mol. The fourth-order valence-electron chi connectivity index (χ4n) is 8.92. The summed E-state index contributed by atoms with van der Waals surface area (Å²) in [4.78, 5) is 0. The van der Waals surface area contributed by atoms with E-state index in [0.29, 0.717) is 0 Å². The lowest BCUT2D eigenvalue weighted by atomic mass is 9.69. The van der Waals surface area contributed by atoms with Gasteiger partial charge in [0, 0.05) is 16.5 Å². The minimum Gasteiger partial charge on any atom is -0.456 e. The molecule has 8 aromatic rings. The predicted molar refractivity (Wildman–Crippen MR) is 189 cm³/mol. The Bertz CT molecular complexity index is 2580. The quantitative estimate of drug-likeness (QED) is 0.187. The highest BCUT2D eigenvalue weighted by Gasteiger charge is 2.52. The molecule has 0 unspecified atom stereocenters. The number of rotatable bonds is 1. The molecule has 1 aliphatic heterocycles. The van der Waals surface area contributed by atoms with Gasteiger partial charge >= 0.3 is 0 Å². The van der Waals surface area contributed by atoms with Gasteiger partial charge < -0.3 is 4.74 Å². The summed E-state index contributed by atoms with van der Waals surface area (Å²) in [6.07, 6.45) is 0. The highest BCUT2D eigenvalue weighted by molar-refractivity contribution is 6.11. The maximum absolute atomic E-state index is 6.45. The van der Waals surface area contributed by atoms with E-state index < -0.39 is 5.41 Å². The third-order valence-corrected chi connectivity index (χ3v) is 10.7. The van der Waals surface area contributed by atoms with Crippen molar-refractivity contribution in [2.45, 2.75) is 5.41 Å². The maximum atomic E-state index is 6.45. The summed E-state index contributed by atoms with van der Waals surface area (Å²) < 4.78 is 6.45. The summed E-state index contributed by atoms with van der Waals surface area (Å²) in [5.41, 5.74) is 15.2. The molecule has 3 aliphatic rings. The van der Waals surface area contributed by atoms with E-state index in [1.807, 2.05) is 0 Å². The third-order valence-electron chi connectivity index (χ3n) is 10.7. The Morgan fingerprint density at radius 3 is 1.85 bits per heavy atom. The molecule has 1 nitrogen and oxygen atoms in total. The molecule has 2 aliphatic carbocycles. The van der Waals surface area contributed by atoms with Crippen LogP contribution in [0.25, 0.3) is 66.1 Å². The van der Waals surface area contributed by atoms with E-state index in [4.69, 9.17) is 4.74 Å². The van der Waals surface area contributed by atoms with Crippen molar-refractivity contribution in [2.75, 3.05) is 0 Å². The van der Waals surface area contributed by atoms with Gasteiger partial charge in [-0.25, -0.2) is 0 Å². The molecule has 212 valence electrons. The van der Waals surface area contributed by atoms with Gasteiger partial charge in [0.15, 0.2) is 0 Å². The van der Waals surface area contributed by atoms with Crippen molar-refractivity contribution in [1.29, 1.82) is 0 Å². The number of para-hydroxylation sites is 1. The normalized spacial score (nSPS) is 14.0. The van der Waals surface area contributed by atoms with E-state index >= 15 is 0 Å². The molecule has 8 aromatic carbocycles. The van der Waals surface area contributed by atoms with E-state index in [0.717, 1.165) is 17.1 Å². The van der Waals surface area contributed by atoms with Crippen molar-refractivity contribution in [2.24, 2.45) is 0 Å². The van der Waals surface area contributed by atoms with Crippen LogP contribution in [0.15, 0.2) is 158 Å². The van der Waals surface area contributed by atoms with Crippen LogP contribution in [0.5, 0.6) is 11.5 Å². The van der Waals surface area contributed by atoms with Crippen LogP contribution in [0.4, 0.5) is 0 Å². The summed E-state index contributed by atoms with van der Waals surface area (Å²) in [7, 11) is 0. The highest BCUT2D eigenvalue weighted by atomic mass is 16.5. The summed E-state index contributed by atoms with van der Waals surface area (Å²) in [6, 6.07) is 58.3. The van der Waals surface area contributed by atoms with Gasteiger partial charge in [-0.05, 0) is 90.0 Å². The number of ether oxygens (including phenoxy) is 1. The lowest BCUT2D eigenvalue weighted by Crippen LogP contribution is -2.26. The number of benzene rings is 8. The second-order valence-corrected chi connectivity index (χ2v) is 12.8. The molecule has 11 rings (SSSR count). The Morgan fingerprint density at radius 2 is 1.00 bits per heavy atom. The zero-order valence-electron chi connectivity index (χ0n) is 24.9. The molecule has 0 saturated heterocycles. The Kier molecular flexibility index (Phi) is 4.57. The standard InChI is InChI=1S/C45H26O/c1-2-12-31-27(10-1)20-25-35-34-24-22-29(30-23-21-28-11-9-19-41-42(28)43(30)36-15-5-8-18-40(36)46-41)26-39(34)45(44(31)35)37-16-6-3-13-32(37)33-14-4-7-17-38(33)45/h1-26H. The first kappa shape index (κ1) is 24.4. The van der Waals surface area contributed by atoms with E-state index in [-0.39, 0.29) is 0 Å². The third kappa shape index (κ3) is 2.87.